The molecule has 2 unspecified atom stereocenters. The second-order valence-electron chi connectivity index (χ2n) is 2.46. The van der Waals surface area contributed by atoms with Crippen LogP contribution in [-0.2, 0) is 4.74 Å². The zero-order valence-corrected chi connectivity index (χ0v) is 7.55. The van der Waals surface area contributed by atoms with E-state index in [2.05, 4.69) is 11.2 Å². The number of ether oxygens (including phenoxy) is 1. The third kappa shape index (κ3) is 4.02. The number of terminal acetylenes is 1. The van der Waals surface area contributed by atoms with Gasteiger partial charge in [0.25, 0.3) is 0 Å². The van der Waals surface area contributed by atoms with Gasteiger partial charge in [0.15, 0.2) is 0 Å². The van der Waals surface area contributed by atoms with Crippen molar-refractivity contribution in [3.8, 4) is 12.3 Å². The third-order valence-electron chi connectivity index (χ3n) is 1.70. The number of hydrogen-bond donors (Lipinski definition) is 1. The molecule has 0 bridgehead atoms. The average Bonchev–Trinajstić information content (AvgIpc) is 2.00. The van der Waals surface area contributed by atoms with Crippen LogP contribution in [0.4, 0.5) is 0 Å². The Hall–Kier alpha value is -0.520. The summed E-state index contributed by atoms with van der Waals surface area (Å²) in [6, 6.07) is 0.278. The molecule has 64 valence electrons. The molecular weight excluding hydrogens is 138 g/mol. The lowest BCUT2D eigenvalue weighted by atomic mass is 10.1. The maximum absolute atomic E-state index is 5.39. The predicted octanol–water partition coefficient (Wildman–Crippen LogP) is 1.02. The van der Waals surface area contributed by atoms with Gasteiger partial charge >= 0.3 is 0 Å². The molecule has 0 aromatic carbocycles. The molecule has 2 nitrogen and oxygen atoms in total. The molecule has 2 heteroatoms. The highest BCUT2D eigenvalue weighted by Gasteiger charge is 2.13. The Kier molecular flexibility index (Phi) is 5.91. The van der Waals surface area contributed by atoms with Crippen LogP contribution in [0.3, 0.4) is 0 Å². The first-order valence-corrected chi connectivity index (χ1v) is 3.98. The Balaban J connectivity index is 3.73. The molecule has 0 heterocycles. The normalized spacial score (nSPS) is 15.5. The lowest BCUT2D eigenvalue weighted by molar-refractivity contribution is 0.0509. The molecule has 2 atom stereocenters. The minimum absolute atomic E-state index is 0.195. The van der Waals surface area contributed by atoms with Crippen LogP contribution in [0.5, 0.6) is 0 Å². The fourth-order valence-corrected chi connectivity index (χ4v) is 1.01. The largest absolute Gasteiger partial charge is 0.377 e. The van der Waals surface area contributed by atoms with Crippen molar-refractivity contribution in [3.05, 3.63) is 0 Å². The van der Waals surface area contributed by atoms with Gasteiger partial charge in [0, 0.05) is 19.1 Å². The Morgan fingerprint density at radius 1 is 1.64 bits per heavy atom. The zero-order chi connectivity index (χ0) is 8.69. The van der Waals surface area contributed by atoms with E-state index in [0.717, 1.165) is 13.0 Å². The van der Waals surface area contributed by atoms with E-state index in [4.69, 9.17) is 11.2 Å². The van der Waals surface area contributed by atoms with Crippen LogP contribution in [0.1, 0.15) is 20.3 Å². The number of rotatable bonds is 5. The number of nitrogens with one attached hydrogen (secondary N) is 1. The van der Waals surface area contributed by atoms with E-state index in [1.165, 1.54) is 0 Å². The Morgan fingerprint density at radius 2 is 2.27 bits per heavy atom. The third-order valence-corrected chi connectivity index (χ3v) is 1.70. The van der Waals surface area contributed by atoms with Crippen LogP contribution in [0.25, 0.3) is 0 Å². The van der Waals surface area contributed by atoms with Crippen LogP contribution in [0, 0.1) is 12.3 Å². The summed E-state index contributed by atoms with van der Waals surface area (Å²) in [5, 5.41) is 3.12. The Morgan fingerprint density at radius 3 is 2.64 bits per heavy atom. The number of hydrogen-bond acceptors (Lipinski definition) is 2. The Bertz CT molecular complexity index is 128. The van der Waals surface area contributed by atoms with Gasteiger partial charge < -0.3 is 10.1 Å². The van der Waals surface area contributed by atoms with Crippen LogP contribution in [-0.4, -0.2) is 25.8 Å². The summed E-state index contributed by atoms with van der Waals surface area (Å²) in [6.07, 6.45) is 6.11. The van der Waals surface area contributed by atoms with Crippen molar-refractivity contribution in [2.45, 2.75) is 32.4 Å². The fourth-order valence-electron chi connectivity index (χ4n) is 1.01. The van der Waals surface area contributed by atoms with E-state index < -0.39 is 0 Å². The van der Waals surface area contributed by atoms with E-state index >= 15 is 0 Å². The maximum atomic E-state index is 5.39. The highest BCUT2D eigenvalue weighted by Crippen LogP contribution is 2.01. The second kappa shape index (κ2) is 6.21. The van der Waals surface area contributed by atoms with Crippen molar-refractivity contribution < 1.29 is 4.74 Å². The van der Waals surface area contributed by atoms with Crippen LogP contribution >= 0.6 is 0 Å². The monoisotopic (exact) mass is 155 g/mol. The van der Waals surface area contributed by atoms with Gasteiger partial charge in [0.1, 0.15) is 0 Å². The van der Waals surface area contributed by atoms with Crippen LogP contribution in [0.2, 0.25) is 0 Å². The molecule has 0 aromatic rings. The quantitative estimate of drug-likeness (QED) is 0.599. The lowest BCUT2D eigenvalue weighted by Crippen LogP contribution is -2.37. The summed E-state index contributed by atoms with van der Waals surface area (Å²) in [5.74, 6) is 2.62. The van der Waals surface area contributed by atoms with Gasteiger partial charge in [-0.15, -0.1) is 12.3 Å². The predicted molar refractivity (Wildman–Crippen MR) is 47.4 cm³/mol. The SMILES string of the molecule is C#CCC(NC)C(C)OCC. The average molecular weight is 155 g/mol. The fraction of sp³-hybridized carbons (Fsp3) is 0.778. The molecule has 0 aliphatic heterocycles. The lowest BCUT2D eigenvalue weighted by Gasteiger charge is -2.21. The van der Waals surface area contributed by atoms with Gasteiger partial charge in [0.2, 0.25) is 0 Å². The maximum Gasteiger partial charge on any atom is 0.0709 e. The molecule has 0 aliphatic carbocycles. The highest BCUT2D eigenvalue weighted by molar-refractivity contribution is 4.91. The van der Waals surface area contributed by atoms with Crippen molar-refractivity contribution >= 4 is 0 Å². The standard InChI is InChI=1S/C9H17NO/c1-5-7-9(10-4)8(3)11-6-2/h1,8-10H,6-7H2,2-4H3. The molecule has 0 saturated heterocycles. The minimum Gasteiger partial charge on any atom is -0.377 e. The van der Waals surface area contributed by atoms with Crippen molar-refractivity contribution in [2.75, 3.05) is 13.7 Å². The van der Waals surface area contributed by atoms with Gasteiger partial charge in [-0.1, -0.05) is 0 Å². The van der Waals surface area contributed by atoms with Gasteiger partial charge in [-0.05, 0) is 20.9 Å². The summed E-state index contributed by atoms with van der Waals surface area (Å²) in [7, 11) is 1.90. The van der Waals surface area contributed by atoms with Gasteiger partial charge in [-0.25, -0.2) is 0 Å². The topological polar surface area (TPSA) is 21.3 Å². The smallest absolute Gasteiger partial charge is 0.0709 e. The highest BCUT2D eigenvalue weighted by atomic mass is 16.5. The summed E-state index contributed by atoms with van der Waals surface area (Å²) in [6.45, 7) is 4.75. The molecule has 0 aromatic heterocycles. The number of likely N-dealkylation sites (N-methyl/N-ethyl adjacent to an activating group) is 1. The summed E-state index contributed by atoms with van der Waals surface area (Å²) in [4.78, 5) is 0. The Labute approximate surface area is 69.3 Å². The van der Waals surface area contributed by atoms with Gasteiger partial charge in [-0.2, -0.15) is 0 Å². The second-order valence-corrected chi connectivity index (χ2v) is 2.46. The van der Waals surface area contributed by atoms with E-state index in [9.17, 15) is 0 Å². The molecule has 0 radical (unpaired) electrons. The van der Waals surface area contributed by atoms with E-state index in [0.29, 0.717) is 0 Å². The minimum atomic E-state index is 0.195. The molecule has 0 saturated carbocycles. The molecule has 0 rings (SSSR count). The van der Waals surface area contributed by atoms with Crippen molar-refractivity contribution in [3.63, 3.8) is 0 Å². The summed E-state index contributed by atoms with van der Waals surface area (Å²) < 4.78 is 5.39. The molecule has 0 spiro atoms. The van der Waals surface area contributed by atoms with Crippen LogP contribution < -0.4 is 5.32 Å². The van der Waals surface area contributed by atoms with Gasteiger partial charge in [-0.3, -0.25) is 0 Å². The van der Waals surface area contributed by atoms with E-state index in [1.54, 1.807) is 0 Å². The summed E-state index contributed by atoms with van der Waals surface area (Å²) >= 11 is 0. The molecule has 0 amide bonds. The molecular formula is C9H17NO. The van der Waals surface area contributed by atoms with E-state index in [-0.39, 0.29) is 12.1 Å². The van der Waals surface area contributed by atoms with Crippen molar-refractivity contribution in [2.24, 2.45) is 0 Å². The molecule has 0 fully saturated rings. The first-order chi connectivity index (χ1) is 5.26. The first kappa shape index (κ1) is 10.5. The van der Waals surface area contributed by atoms with Gasteiger partial charge in [0.05, 0.1) is 6.10 Å². The summed E-state index contributed by atoms with van der Waals surface area (Å²) in [5.41, 5.74) is 0. The molecule has 11 heavy (non-hydrogen) atoms. The van der Waals surface area contributed by atoms with Crippen molar-refractivity contribution in [1.82, 2.24) is 5.32 Å². The van der Waals surface area contributed by atoms with E-state index in [1.807, 2.05) is 20.9 Å². The first-order valence-electron chi connectivity index (χ1n) is 3.98. The van der Waals surface area contributed by atoms with Crippen molar-refractivity contribution in [1.29, 1.82) is 0 Å². The molecule has 1 N–H and O–H groups in total. The van der Waals surface area contributed by atoms with Crippen LogP contribution in [0.15, 0.2) is 0 Å². The zero-order valence-electron chi connectivity index (χ0n) is 7.55. The molecule has 0 aliphatic rings.